The van der Waals surface area contributed by atoms with Gasteiger partial charge in [0.15, 0.2) is 5.71 Å². The Balaban J connectivity index is 1.51. The summed E-state index contributed by atoms with van der Waals surface area (Å²) in [5.41, 5.74) is 0.843. The van der Waals surface area contributed by atoms with Gasteiger partial charge in [-0.1, -0.05) is 41.7 Å². The first-order valence-corrected chi connectivity index (χ1v) is 12.9. The Kier molecular flexibility index (Phi) is 8.13. The smallest absolute Gasteiger partial charge is 0.352 e. The number of hydrogen-bond acceptors (Lipinski definition) is 11. The number of hydrogen-bond donors (Lipinski definition) is 2. The Bertz CT molecular complexity index is 1290. The summed E-state index contributed by atoms with van der Waals surface area (Å²) in [7, 11) is 3.18. The van der Waals surface area contributed by atoms with E-state index in [9.17, 15) is 19.5 Å². The molecular weight excluding hydrogens is 522 g/mol. The highest BCUT2D eigenvalue weighted by atomic mass is 32.2. The summed E-state index contributed by atoms with van der Waals surface area (Å²) >= 11 is 2.64. The molecule has 0 bridgehead atoms. The first-order valence-electron chi connectivity index (χ1n) is 10.9. The molecule has 13 nitrogen and oxygen atoms in total. The molecule has 15 heteroatoms. The van der Waals surface area contributed by atoms with Gasteiger partial charge in [0.1, 0.15) is 29.5 Å². The molecule has 0 radical (unpaired) electrons. The fourth-order valence-electron chi connectivity index (χ4n) is 3.65. The third kappa shape index (κ3) is 5.46. The Labute approximate surface area is 219 Å². The highest BCUT2D eigenvalue weighted by Gasteiger charge is 2.54. The molecule has 3 heterocycles. The summed E-state index contributed by atoms with van der Waals surface area (Å²) in [6.45, 7) is 3.63. The van der Waals surface area contributed by atoms with Crippen molar-refractivity contribution < 1.29 is 29.1 Å². The summed E-state index contributed by atoms with van der Waals surface area (Å²) in [6.07, 6.45) is 1.48. The fourth-order valence-corrected chi connectivity index (χ4v) is 5.98. The van der Waals surface area contributed by atoms with Crippen molar-refractivity contribution in [2.24, 2.45) is 12.2 Å². The van der Waals surface area contributed by atoms with E-state index in [1.807, 2.05) is 0 Å². The van der Waals surface area contributed by atoms with Gasteiger partial charge in [0.05, 0.1) is 7.11 Å². The van der Waals surface area contributed by atoms with Gasteiger partial charge in [-0.15, -0.1) is 16.9 Å². The van der Waals surface area contributed by atoms with Crippen LogP contribution < -0.4 is 10.1 Å². The Morgan fingerprint density at radius 3 is 2.92 bits per heavy atom. The molecule has 1 saturated heterocycles. The lowest BCUT2D eigenvalue weighted by molar-refractivity contribution is -0.150. The van der Waals surface area contributed by atoms with Crippen molar-refractivity contribution in [3.05, 3.63) is 53.8 Å². The standard InChI is InChI=1S/C22H23N7O6S2/c1-4-8-35-25-15(12-6-5-7-14(9-12)34-3)18(30)23-16-19(31)29-17(21(32)33)13(10-36-20(16)29)11-37-22-24-26-27-28(22)2/h4-7,9,16,20H,1,8,10-11H2,2-3H3,(H,23,30)(H,32,33)/t16?,20-/m1/s1. The van der Waals surface area contributed by atoms with Gasteiger partial charge in [-0.2, -0.15) is 0 Å². The summed E-state index contributed by atoms with van der Waals surface area (Å²) in [5, 5.41) is 27.6. The highest BCUT2D eigenvalue weighted by Crippen LogP contribution is 2.41. The number of ether oxygens (including phenoxy) is 1. The van der Waals surface area contributed by atoms with Gasteiger partial charge in [-0.25, -0.2) is 9.48 Å². The molecule has 2 atom stereocenters. The van der Waals surface area contributed by atoms with E-state index in [1.165, 1.54) is 46.3 Å². The van der Waals surface area contributed by atoms with Crippen LogP contribution >= 0.6 is 23.5 Å². The number of nitrogens with zero attached hydrogens (tertiary/aromatic N) is 6. The minimum Gasteiger partial charge on any atom is -0.497 e. The minimum atomic E-state index is -1.22. The van der Waals surface area contributed by atoms with Crippen LogP contribution in [0.25, 0.3) is 0 Å². The van der Waals surface area contributed by atoms with Crippen molar-refractivity contribution in [1.82, 2.24) is 30.4 Å². The van der Waals surface area contributed by atoms with Gasteiger partial charge in [0.25, 0.3) is 11.8 Å². The third-order valence-electron chi connectivity index (χ3n) is 5.40. The monoisotopic (exact) mass is 545 g/mol. The molecule has 37 heavy (non-hydrogen) atoms. The number of aryl methyl sites for hydroxylation is 1. The molecule has 2 amide bonds. The minimum absolute atomic E-state index is 0.0591. The first-order chi connectivity index (χ1) is 17.8. The van der Waals surface area contributed by atoms with Crippen LogP contribution in [0.2, 0.25) is 0 Å². The van der Waals surface area contributed by atoms with Gasteiger partial charge in [-0.3, -0.25) is 14.5 Å². The van der Waals surface area contributed by atoms with Crippen LogP contribution in [0.5, 0.6) is 5.75 Å². The molecule has 1 aromatic carbocycles. The molecule has 0 aliphatic carbocycles. The zero-order chi connectivity index (χ0) is 26.5. The van der Waals surface area contributed by atoms with E-state index >= 15 is 0 Å². The van der Waals surface area contributed by atoms with Crippen LogP contribution in [0, 0.1) is 0 Å². The average molecular weight is 546 g/mol. The summed E-state index contributed by atoms with van der Waals surface area (Å²) in [4.78, 5) is 44.7. The van der Waals surface area contributed by atoms with Gasteiger partial charge in [0.2, 0.25) is 5.16 Å². The molecule has 2 N–H and O–H groups in total. The predicted octanol–water partition coefficient (Wildman–Crippen LogP) is 0.656. The van der Waals surface area contributed by atoms with E-state index in [1.54, 1.807) is 31.3 Å². The predicted molar refractivity (Wildman–Crippen MR) is 135 cm³/mol. The summed E-state index contributed by atoms with van der Waals surface area (Å²) in [6, 6.07) is 5.75. The number of carbonyl (C=O) groups is 3. The number of oxime groups is 1. The van der Waals surface area contributed by atoms with Crippen molar-refractivity contribution in [3.63, 3.8) is 0 Å². The van der Waals surface area contributed by atoms with Crippen LogP contribution in [0.15, 0.2) is 58.5 Å². The topological polar surface area (TPSA) is 161 Å². The zero-order valence-electron chi connectivity index (χ0n) is 19.9. The molecule has 0 spiro atoms. The van der Waals surface area contributed by atoms with Crippen molar-refractivity contribution in [1.29, 1.82) is 0 Å². The molecule has 2 aliphatic rings. The molecular formula is C22H23N7O6S2. The number of thioether (sulfide) groups is 2. The largest absolute Gasteiger partial charge is 0.497 e. The second-order valence-corrected chi connectivity index (χ2v) is 9.80. The van der Waals surface area contributed by atoms with Crippen molar-refractivity contribution in [3.8, 4) is 5.75 Å². The lowest BCUT2D eigenvalue weighted by Crippen LogP contribution is -2.71. The molecule has 2 aliphatic heterocycles. The third-order valence-corrected chi connectivity index (χ3v) is 7.84. The van der Waals surface area contributed by atoms with E-state index in [0.29, 0.717) is 33.5 Å². The molecule has 4 rings (SSSR count). The van der Waals surface area contributed by atoms with Gasteiger partial charge < -0.3 is 20.0 Å². The number of amides is 2. The van der Waals surface area contributed by atoms with Crippen LogP contribution in [0.1, 0.15) is 5.56 Å². The van der Waals surface area contributed by atoms with E-state index < -0.39 is 29.2 Å². The SMILES string of the molecule is C=CCON=C(C(=O)NC1C(=O)N2C(C(=O)O)=C(CSc3nnnn3C)CS[C@H]12)c1cccc(OC)c1. The fraction of sp³-hybridized carbons (Fsp3) is 0.318. The average Bonchev–Trinajstić information content (AvgIpc) is 3.32. The van der Waals surface area contributed by atoms with E-state index in [0.717, 1.165) is 0 Å². The highest BCUT2D eigenvalue weighted by molar-refractivity contribution is 8.01. The van der Waals surface area contributed by atoms with Crippen LogP contribution in [-0.4, -0.2) is 90.3 Å². The number of carboxylic acids is 1. The van der Waals surface area contributed by atoms with E-state index in [2.05, 4.69) is 32.6 Å². The molecule has 0 saturated carbocycles. The number of tetrazole rings is 1. The van der Waals surface area contributed by atoms with Crippen LogP contribution in [-0.2, 0) is 26.3 Å². The quantitative estimate of drug-likeness (QED) is 0.102. The number of rotatable bonds is 11. The second-order valence-electron chi connectivity index (χ2n) is 7.75. The number of methoxy groups -OCH3 is 1. The Morgan fingerprint density at radius 2 is 2.24 bits per heavy atom. The number of aliphatic carboxylic acids is 1. The maximum Gasteiger partial charge on any atom is 0.352 e. The Morgan fingerprint density at radius 1 is 1.43 bits per heavy atom. The van der Waals surface area contributed by atoms with Crippen molar-refractivity contribution in [2.75, 3.05) is 25.2 Å². The number of nitrogens with one attached hydrogen (secondary N) is 1. The van der Waals surface area contributed by atoms with Gasteiger partial charge in [0, 0.05) is 24.1 Å². The number of benzene rings is 1. The maximum absolute atomic E-state index is 13.2. The molecule has 2 aromatic rings. The lowest BCUT2D eigenvalue weighted by atomic mass is 10.0. The van der Waals surface area contributed by atoms with Crippen molar-refractivity contribution >= 4 is 47.0 Å². The number of fused-ring (bicyclic) bond motifs is 1. The zero-order valence-corrected chi connectivity index (χ0v) is 21.5. The number of carbonyl (C=O) groups excluding carboxylic acids is 2. The first kappa shape index (κ1) is 26.2. The van der Waals surface area contributed by atoms with E-state index in [-0.39, 0.29) is 18.0 Å². The normalized spacial score (nSPS) is 19.1. The van der Waals surface area contributed by atoms with E-state index in [4.69, 9.17) is 9.57 Å². The molecule has 1 unspecified atom stereocenters. The number of β-lactam (4-membered cyclic amide) rings is 1. The van der Waals surface area contributed by atoms with Crippen LogP contribution in [0.3, 0.4) is 0 Å². The summed E-state index contributed by atoms with van der Waals surface area (Å²) < 4.78 is 6.70. The van der Waals surface area contributed by atoms with Gasteiger partial charge >= 0.3 is 5.97 Å². The van der Waals surface area contributed by atoms with Crippen molar-refractivity contribution in [2.45, 2.75) is 16.6 Å². The maximum atomic E-state index is 13.2. The number of carboxylic acid groups (broad SMARTS) is 1. The van der Waals surface area contributed by atoms with Gasteiger partial charge in [-0.05, 0) is 28.1 Å². The summed E-state index contributed by atoms with van der Waals surface area (Å²) in [5.74, 6) is -1.22. The molecule has 1 aromatic heterocycles. The molecule has 194 valence electrons. The second kappa shape index (κ2) is 11.5. The van der Waals surface area contributed by atoms with Crippen LogP contribution in [0.4, 0.5) is 0 Å². The number of aromatic nitrogens is 4. The Hall–Kier alpha value is -3.85. The molecule has 1 fully saturated rings. The lowest BCUT2D eigenvalue weighted by Gasteiger charge is -2.49.